The van der Waals surface area contributed by atoms with Crippen molar-refractivity contribution >= 4 is 0 Å². The second-order valence-electron chi connectivity index (χ2n) is 5.79. The van der Waals surface area contributed by atoms with Crippen molar-refractivity contribution < 1.29 is 10.2 Å². The fourth-order valence-electron chi connectivity index (χ4n) is 1.92. The van der Waals surface area contributed by atoms with Crippen LogP contribution in [0.2, 0.25) is 0 Å². The molecule has 0 aliphatic heterocycles. The van der Waals surface area contributed by atoms with E-state index in [0.717, 1.165) is 25.7 Å². The summed E-state index contributed by atoms with van der Waals surface area (Å²) in [6, 6.07) is 0.125. The van der Waals surface area contributed by atoms with Crippen molar-refractivity contribution in [2.24, 2.45) is 0 Å². The van der Waals surface area contributed by atoms with Crippen LogP contribution in [-0.4, -0.2) is 33.5 Å². The van der Waals surface area contributed by atoms with Crippen molar-refractivity contribution in [3.63, 3.8) is 0 Å². The predicted molar refractivity (Wildman–Crippen MR) is 61.8 cm³/mol. The Morgan fingerprint density at radius 2 is 1.60 bits per heavy atom. The maximum atomic E-state index is 10.0. The molecule has 3 heteroatoms. The lowest BCUT2D eigenvalue weighted by Gasteiger charge is -2.43. The Labute approximate surface area is 92.9 Å². The minimum atomic E-state index is -0.788. The van der Waals surface area contributed by atoms with Gasteiger partial charge >= 0.3 is 0 Å². The average molecular weight is 215 g/mol. The zero-order chi connectivity index (χ0) is 11.7. The maximum Gasteiger partial charge on any atom is 0.0767 e. The highest BCUT2D eigenvalue weighted by Crippen LogP contribution is 2.25. The molecule has 0 aromatic rings. The van der Waals surface area contributed by atoms with E-state index in [9.17, 15) is 10.2 Å². The quantitative estimate of drug-likeness (QED) is 0.667. The van der Waals surface area contributed by atoms with Gasteiger partial charge in [0.2, 0.25) is 0 Å². The van der Waals surface area contributed by atoms with Crippen molar-refractivity contribution in [1.29, 1.82) is 0 Å². The molecule has 2 atom stereocenters. The molecule has 1 fully saturated rings. The molecule has 0 spiro atoms. The van der Waals surface area contributed by atoms with E-state index >= 15 is 0 Å². The summed E-state index contributed by atoms with van der Waals surface area (Å²) in [5.74, 6) is 0. The molecule has 3 N–H and O–H groups in total. The highest BCUT2D eigenvalue weighted by atomic mass is 16.3. The average Bonchev–Trinajstić information content (AvgIpc) is 2.06. The van der Waals surface area contributed by atoms with Gasteiger partial charge in [-0.15, -0.1) is 0 Å². The van der Waals surface area contributed by atoms with Gasteiger partial charge in [-0.25, -0.2) is 0 Å². The molecule has 15 heavy (non-hydrogen) atoms. The Bertz CT molecular complexity index is 208. The first kappa shape index (κ1) is 12.9. The number of nitrogens with one attached hydrogen (secondary N) is 1. The van der Waals surface area contributed by atoms with Crippen molar-refractivity contribution in [3.8, 4) is 0 Å². The summed E-state index contributed by atoms with van der Waals surface area (Å²) in [6.07, 6.45) is 3.89. The van der Waals surface area contributed by atoms with E-state index in [2.05, 4.69) is 5.32 Å². The van der Waals surface area contributed by atoms with E-state index in [1.165, 1.54) is 0 Å². The Morgan fingerprint density at radius 3 is 2.07 bits per heavy atom. The normalized spacial score (nSPS) is 29.2. The van der Waals surface area contributed by atoms with Crippen LogP contribution in [0, 0.1) is 0 Å². The highest BCUT2D eigenvalue weighted by Gasteiger charge is 2.38. The molecule has 90 valence electrons. The summed E-state index contributed by atoms with van der Waals surface area (Å²) in [5, 5.41) is 23.3. The standard InChI is InChI=1S/C12H25NO2/c1-11(2,12(3,4)15)13-9-7-5-6-8-10(9)14/h9-10,13-15H,5-8H2,1-4H3/t9-,10-/m0/s1. The molecule has 0 heterocycles. The van der Waals surface area contributed by atoms with Gasteiger partial charge in [0.25, 0.3) is 0 Å². The highest BCUT2D eigenvalue weighted by molar-refractivity contribution is 4.97. The maximum absolute atomic E-state index is 10.0. The summed E-state index contributed by atoms with van der Waals surface area (Å²) in [6.45, 7) is 7.56. The Morgan fingerprint density at radius 1 is 1.07 bits per heavy atom. The molecule has 1 rings (SSSR count). The van der Waals surface area contributed by atoms with Crippen LogP contribution in [0.4, 0.5) is 0 Å². The van der Waals surface area contributed by atoms with Crippen LogP contribution >= 0.6 is 0 Å². The Kier molecular flexibility index (Phi) is 3.80. The molecule has 0 amide bonds. The van der Waals surface area contributed by atoms with E-state index in [-0.39, 0.29) is 17.7 Å². The van der Waals surface area contributed by atoms with Crippen molar-refractivity contribution in [2.75, 3.05) is 0 Å². The molecule has 0 aromatic heterocycles. The Hall–Kier alpha value is -0.120. The zero-order valence-corrected chi connectivity index (χ0v) is 10.4. The second-order valence-corrected chi connectivity index (χ2v) is 5.79. The Balaban J connectivity index is 2.59. The van der Waals surface area contributed by atoms with Crippen LogP contribution < -0.4 is 5.32 Å². The number of hydrogen-bond donors (Lipinski definition) is 3. The lowest BCUT2D eigenvalue weighted by molar-refractivity contribution is -0.0260. The minimum Gasteiger partial charge on any atom is -0.392 e. The van der Waals surface area contributed by atoms with Gasteiger partial charge in [0.05, 0.1) is 11.7 Å². The van der Waals surface area contributed by atoms with Crippen LogP contribution in [0.3, 0.4) is 0 Å². The van der Waals surface area contributed by atoms with Gasteiger partial charge in [0.1, 0.15) is 0 Å². The third-order valence-corrected chi connectivity index (χ3v) is 3.81. The minimum absolute atomic E-state index is 0.125. The van der Waals surface area contributed by atoms with Crippen molar-refractivity contribution in [3.05, 3.63) is 0 Å². The molecule has 0 bridgehead atoms. The third-order valence-electron chi connectivity index (χ3n) is 3.81. The predicted octanol–water partition coefficient (Wildman–Crippen LogP) is 1.43. The second kappa shape index (κ2) is 4.40. The molecule has 3 nitrogen and oxygen atoms in total. The van der Waals surface area contributed by atoms with Gasteiger partial charge < -0.3 is 15.5 Å². The van der Waals surface area contributed by atoms with Gasteiger partial charge in [0, 0.05) is 11.6 Å². The molecular formula is C12H25NO2. The van der Waals surface area contributed by atoms with E-state index in [1.807, 2.05) is 13.8 Å². The monoisotopic (exact) mass is 215 g/mol. The first-order valence-electron chi connectivity index (χ1n) is 5.92. The van der Waals surface area contributed by atoms with Crippen molar-refractivity contribution in [2.45, 2.75) is 76.7 Å². The molecule has 1 saturated carbocycles. The number of rotatable bonds is 3. The van der Waals surface area contributed by atoms with E-state index < -0.39 is 5.60 Å². The summed E-state index contributed by atoms with van der Waals surface area (Å²) in [5.41, 5.74) is -1.17. The van der Waals surface area contributed by atoms with E-state index in [1.54, 1.807) is 13.8 Å². The van der Waals surface area contributed by atoms with Crippen LogP contribution in [0.1, 0.15) is 53.4 Å². The fourth-order valence-corrected chi connectivity index (χ4v) is 1.92. The van der Waals surface area contributed by atoms with Gasteiger partial charge in [-0.3, -0.25) is 0 Å². The summed E-state index contributed by atoms with van der Waals surface area (Å²) in [4.78, 5) is 0. The van der Waals surface area contributed by atoms with E-state index in [0.29, 0.717) is 0 Å². The van der Waals surface area contributed by atoms with Crippen LogP contribution in [0.5, 0.6) is 0 Å². The van der Waals surface area contributed by atoms with Crippen molar-refractivity contribution in [1.82, 2.24) is 5.32 Å². The topological polar surface area (TPSA) is 52.5 Å². The van der Waals surface area contributed by atoms with Gasteiger partial charge in [-0.05, 0) is 40.5 Å². The molecule has 1 aliphatic carbocycles. The van der Waals surface area contributed by atoms with Gasteiger partial charge in [-0.1, -0.05) is 12.8 Å². The lowest BCUT2D eigenvalue weighted by Crippen LogP contribution is -2.61. The molecule has 0 unspecified atom stereocenters. The summed E-state index contributed by atoms with van der Waals surface area (Å²) >= 11 is 0. The first-order chi connectivity index (χ1) is 6.74. The summed E-state index contributed by atoms with van der Waals surface area (Å²) < 4.78 is 0. The smallest absolute Gasteiger partial charge is 0.0767 e. The lowest BCUT2D eigenvalue weighted by atomic mass is 9.83. The SMILES string of the molecule is CC(C)(O)C(C)(C)N[C@H]1CCCC[C@@H]1O. The van der Waals surface area contributed by atoms with Gasteiger partial charge in [-0.2, -0.15) is 0 Å². The fraction of sp³-hybridized carbons (Fsp3) is 1.00. The number of hydrogen-bond acceptors (Lipinski definition) is 3. The molecule has 0 radical (unpaired) electrons. The number of aliphatic hydroxyl groups is 2. The largest absolute Gasteiger partial charge is 0.392 e. The van der Waals surface area contributed by atoms with Crippen LogP contribution in [0.15, 0.2) is 0 Å². The summed E-state index contributed by atoms with van der Waals surface area (Å²) in [7, 11) is 0. The van der Waals surface area contributed by atoms with E-state index in [4.69, 9.17) is 0 Å². The molecule has 0 aromatic carbocycles. The van der Waals surface area contributed by atoms with Crippen LogP contribution in [0.25, 0.3) is 0 Å². The van der Waals surface area contributed by atoms with Crippen LogP contribution in [-0.2, 0) is 0 Å². The molecule has 1 aliphatic rings. The molecular weight excluding hydrogens is 190 g/mol. The van der Waals surface area contributed by atoms with Gasteiger partial charge in [0.15, 0.2) is 0 Å². The molecule has 0 saturated heterocycles. The third kappa shape index (κ3) is 3.16. The zero-order valence-electron chi connectivity index (χ0n) is 10.4. The first-order valence-corrected chi connectivity index (χ1v) is 5.92. The number of aliphatic hydroxyl groups excluding tert-OH is 1.